The van der Waals surface area contributed by atoms with Gasteiger partial charge in [-0.1, -0.05) is 0 Å². The normalized spacial score (nSPS) is 10.1. The molecule has 0 radical (unpaired) electrons. The van der Waals surface area contributed by atoms with Gasteiger partial charge in [-0.2, -0.15) is 0 Å². The first-order valence-electron chi connectivity index (χ1n) is 3.89. The van der Waals surface area contributed by atoms with Crippen LogP contribution in [0.2, 0.25) is 0 Å². The average molecular weight is 176 g/mol. The molecule has 5 heteroatoms. The lowest BCUT2D eigenvalue weighted by atomic mass is 10.3. The molecule has 1 amide bonds. The van der Waals surface area contributed by atoms with Crippen molar-refractivity contribution in [2.75, 3.05) is 26.9 Å². The van der Waals surface area contributed by atoms with E-state index in [0.717, 1.165) is 19.4 Å². The number of methoxy groups -OCH3 is 1. The smallest absolute Gasteiger partial charge is 0.245 e. The van der Waals surface area contributed by atoms with Gasteiger partial charge in [-0.05, 0) is 12.8 Å². The largest absolute Gasteiger partial charge is 0.385 e. The van der Waals surface area contributed by atoms with Crippen LogP contribution in [0.5, 0.6) is 0 Å². The lowest BCUT2D eigenvalue weighted by Gasteiger charge is -2.02. The monoisotopic (exact) mass is 176 g/mol. The van der Waals surface area contributed by atoms with Crippen LogP contribution in [0.4, 0.5) is 0 Å². The molecule has 0 aliphatic carbocycles. The van der Waals surface area contributed by atoms with Crippen molar-refractivity contribution in [1.82, 2.24) is 5.48 Å². The van der Waals surface area contributed by atoms with Crippen LogP contribution in [0.15, 0.2) is 0 Å². The number of hydrogen-bond acceptors (Lipinski definition) is 4. The number of nitrogens with one attached hydrogen (secondary N) is 1. The summed E-state index contributed by atoms with van der Waals surface area (Å²) in [6.07, 6.45) is 1.93. The highest BCUT2D eigenvalue weighted by molar-refractivity contribution is 5.74. The molecule has 0 aliphatic rings. The van der Waals surface area contributed by atoms with Gasteiger partial charge in [-0.3, -0.25) is 9.63 Å². The molecular weight excluding hydrogens is 160 g/mol. The van der Waals surface area contributed by atoms with Gasteiger partial charge in [0.15, 0.2) is 0 Å². The summed E-state index contributed by atoms with van der Waals surface area (Å²) < 4.78 is 4.84. The van der Waals surface area contributed by atoms with E-state index >= 15 is 0 Å². The minimum absolute atomic E-state index is 0.0791. The number of carbonyl (C=O) groups is 1. The summed E-state index contributed by atoms with van der Waals surface area (Å²) in [5, 5.41) is 0. The molecule has 0 fully saturated rings. The van der Waals surface area contributed by atoms with Crippen molar-refractivity contribution in [1.29, 1.82) is 0 Å². The number of hydroxylamine groups is 1. The van der Waals surface area contributed by atoms with Crippen molar-refractivity contribution in [2.45, 2.75) is 12.8 Å². The van der Waals surface area contributed by atoms with Gasteiger partial charge in [-0.25, -0.2) is 5.48 Å². The summed E-state index contributed by atoms with van der Waals surface area (Å²) >= 11 is 0. The Hall–Kier alpha value is -0.650. The van der Waals surface area contributed by atoms with E-state index in [1.807, 2.05) is 0 Å². The predicted molar refractivity (Wildman–Crippen MR) is 44.3 cm³/mol. The number of hydrogen-bond donors (Lipinski definition) is 2. The highest BCUT2D eigenvalue weighted by Gasteiger charge is 1.92. The van der Waals surface area contributed by atoms with Crippen LogP contribution in [0.25, 0.3) is 0 Å². The van der Waals surface area contributed by atoms with Crippen LogP contribution < -0.4 is 11.2 Å². The summed E-state index contributed by atoms with van der Waals surface area (Å²) in [7, 11) is 1.66. The van der Waals surface area contributed by atoms with E-state index in [1.54, 1.807) is 7.11 Å². The average Bonchev–Trinajstić information content (AvgIpc) is 2.02. The summed E-state index contributed by atoms with van der Waals surface area (Å²) in [6, 6.07) is 0. The minimum atomic E-state index is -0.473. The second-order valence-corrected chi connectivity index (χ2v) is 2.35. The topological polar surface area (TPSA) is 73.6 Å². The quantitative estimate of drug-likeness (QED) is 0.383. The Bertz CT molecular complexity index is 119. The molecule has 0 aromatic rings. The molecule has 0 aromatic heterocycles. The fourth-order valence-electron chi connectivity index (χ4n) is 0.638. The third kappa shape index (κ3) is 9.35. The Morgan fingerprint density at radius 1 is 1.50 bits per heavy atom. The van der Waals surface area contributed by atoms with E-state index in [9.17, 15) is 4.79 Å². The van der Waals surface area contributed by atoms with Crippen molar-refractivity contribution in [3.05, 3.63) is 0 Å². The van der Waals surface area contributed by atoms with Gasteiger partial charge in [0.1, 0.15) is 6.61 Å². The summed E-state index contributed by atoms with van der Waals surface area (Å²) in [6.45, 7) is 1.37. The molecular formula is C7H16N2O3. The van der Waals surface area contributed by atoms with Crippen LogP contribution in [0.1, 0.15) is 12.8 Å². The zero-order valence-electron chi connectivity index (χ0n) is 7.34. The Labute approximate surface area is 72.2 Å². The maximum atomic E-state index is 10.2. The fraction of sp³-hybridized carbons (Fsp3) is 0.857. The highest BCUT2D eigenvalue weighted by atomic mass is 16.6. The number of primary amides is 1. The van der Waals surface area contributed by atoms with E-state index in [4.69, 9.17) is 15.3 Å². The number of rotatable bonds is 8. The molecule has 0 saturated carbocycles. The van der Waals surface area contributed by atoms with Gasteiger partial charge in [-0.15, -0.1) is 0 Å². The molecule has 3 N–H and O–H groups in total. The van der Waals surface area contributed by atoms with E-state index in [0.29, 0.717) is 6.54 Å². The molecule has 0 heterocycles. The Kier molecular flexibility index (Phi) is 7.99. The number of amides is 1. The predicted octanol–water partition coefficient (Wildman–Crippen LogP) is -0.580. The Balaban J connectivity index is 2.86. The number of nitrogens with two attached hydrogens (primary N) is 1. The summed E-state index contributed by atoms with van der Waals surface area (Å²) in [5.41, 5.74) is 7.45. The number of carbonyl (C=O) groups excluding carboxylic acids is 1. The molecule has 12 heavy (non-hydrogen) atoms. The van der Waals surface area contributed by atoms with Gasteiger partial charge in [0.2, 0.25) is 5.91 Å². The highest BCUT2D eigenvalue weighted by Crippen LogP contribution is 1.86. The molecule has 0 atom stereocenters. The molecule has 5 nitrogen and oxygen atoms in total. The SMILES string of the molecule is COCCCCNOCC(N)=O. The van der Waals surface area contributed by atoms with Crippen molar-refractivity contribution < 1.29 is 14.4 Å². The van der Waals surface area contributed by atoms with Crippen LogP contribution in [-0.4, -0.2) is 32.8 Å². The lowest BCUT2D eigenvalue weighted by Crippen LogP contribution is -2.25. The van der Waals surface area contributed by atoms with E-state index in [1.165, 1.54) is 0 Å². The van der Waals surface area contributed by atoms with Gasteiger partial charge in [0.05, 0.1) is 0 Å². The molecule has 0 rings (SSSR count). The van der Waals surface area contributed by atoms with Gasteiger partial charge < -0.3 is 10.5 Å². The van der Waals surface area contributed by atoms with Crippen molar-refractivity contribution >= 4 is 5.91 Å². The second kappa shape index (κ2) is 8.45. The molecule has 72 valence electrons. The molecule has 0 aromatic carbocycles. The molecule has 0 spiro atoms. The van der Waals surface area contributed by atoms with E-state index in [2.05, 4.69) is 5.48 Å². The summed E-state index contributed by atoms with van der Waals surface area (Å²) in [5.74, 6) is -0.473. The summed E-state index contributed by atoms with van der Waals surface area (Å²) in [4.78, 5) is 14.9. The maximum absolute atomic E-state index is 10.2. The van der Waals surface area contributed by atoms with Crippen molar-refractivity contribution in [3.63, 3.8) is 0 Å². The third-order valence-electron chi connectivity index (χ3n) is 1.19. The molecule has 0 aliphatic heterocycles. The first-order chi connectivity index (χ1) is 5.77. The Morgan fingerprint density at radius 3 is 2.83 bits per heavy atom. The molecule has 0 unspecified atom stereocenters. The second-order valence-electron chi connectivity index (χ2n) is 2.35. The van der Waals surface area contributed by atoms with Gasteiger partial charge in [0, 0.05) is 20.3 Å². The third-order valence-corrected chi connectivity index (χ3v) is 1.19. The van der Waals surface area contributed by atoms with Crippen LogP contribution in [-0.2, 0) is 14.4 Å². The van der Waals surface area contributed by atoms with Gasteiger partial charge >= 0.3 is 0 Å². The first kappa shape index (κ1) is 11.4. The number of ether oxygens (including phenoxy) is 1. The molecule has 0 bridgehead atoms. The van der Waals surface area contributed by atoms with Crippen molar-refractivity contribution in [2.24, 2.45) is 5.73 Å². The van der Waals surface area contributed by atoms with E-state index in [-0.39, 0.29) is 6.61 Å². The number of unbranched alkanes of at least 4 members (excludes halogenated alkanes) is 1. The van der Waals surface area contributed by atoms with Gasteiger partial charge in [0.25, 0.3) is 0 Å². The minimum Gasteiger partial charge on any atom is -0.385 e. The fourth-order valence-corrected chi connectivity index (χ4v) is 0.638. The standard InChI is InChI=1S/C7H16N2O3/c1-11-5-3-2-4-9-12-6-7(8)10/h9H,2-6H2,1H3,(H2,8,10). The Morgan fingerprint density at radius 2 is 2.25 bits per heavy atom. The van der Waals surface area contributed by atoms with Crippen LogP contribution in [0, 0.1) is 0 Å². The van der Waals surface area contributed by atoms with Crippen LogP contribution >= 0.6 is 0 Å². The first-order valence-corrected chi connectivity index (χ1v) is 3.89. The molecule has 0 saturated heterocycles. The van der Waals surface area contributed by atoms with E-state index < -0.39 is 5.91 Å². The maximum Gasteiger partial charge on any atom is 0.245 e. The lowest BCUT2D eigenvalue weighted by molar-refractivity contribution is -0.125. The van der Waals surface area contributed by atoms with Crippen LogP contribution in [0.3, 0.4) is 0 Å². The van der Waals surface area contributed by atoms with Crippen molar-refractivity contribution in [3.8, 4) is 0 Å². The zero-order valence-corrected chi connectivity index (χ0v) is 7.34. The zero-order chi connectivity index (χ0) is 9.23.